The summed E-state index contributed by atoms with van der Waals surface area (Å²) in [5, 5.41) is 15.5. The van der Waals surface area contributed by atoms with E-state index in [0.717, 1.165) is 39.8 Å². The Labute approximate surface area is 152 Å². The van der Waals surface area contributed by atoms with Gasteiger partial charge >= 0.3 is 0 Å². The second-order valence-electron chi connectivity index (χ2n) is 6.46. The van der Waals surface area contributed by atoms with Gasteiger partial charge in [-0.3, -0.25) is 4.68 Å². The monoisotopic (exact) mass is 343 g/mol. The number of hydrogen-bond acceptors (Lipinski definition) is 3. The number of para-hydroxylation sites is 1. The van der Waals surface area contributed by atoms with Crippen LogP contribution in [0.1, 0.15) is 13.3 Å². The summed E-state index contributed by atoms with van der Waals surface area (Å²) in [5.41, 5.74) is 4.95. The highest BCUT2D eigenvalue weighted by molar-refractivity contribution is 5.82. The normalized spacial score (nSPS) is 12.4. The molecule has 1 N–H and O–H groups in total. The van der Waals surface area contributed by atoms with E-state index in [4.69, 9.17) is 4.98 Å². The summed E-state index contributed by atoms with van der Waals surface area (Å²) in [5.74, 6) is 0. The lowest BCUT2D eigenvalue weighted by molar-refractivity contribution is 0.145. The molecule has 0 unspecified atom stereocenters. The average molecular weight is 343 g/mol. The van der Waals surface area contributed by atoms with E-state index in [-0.39, 0.29) is 6.10 Å². The highest BCUT2D eigenvalue weighted by Gasteiger charge is 2.08. The summed E-state index contributed by atoms with van der Waals surface area (Å²) in [6.45, 7) is 2.48. The van der Waals surface area contributed by atoms with Crippen LogP contribution in [0.15, 0.2) is 72.9 Å². The first-order chi connectivity index (χ1) is 12.7. The first-order valence-corrected chi connectivity index (χ1v) is 8.91. The Morgan fingerprint density at radius 1 is 0.923 bits per heavy atom. The number of benzene rings is 2. The molecular weight excluding hydrogens is 322 g/mol. The molecule has 0 aliphatic rings. The van der Waals surface area contributed by atoms with Gasteiger partial charge in [-0.15, -0.1) is 0 Å². The molecule has 130 valence electrons. The van der Waals surface area contributed by atoms with E-state index in [9.17, 15) is 5.11 Å². The minimum absolute atomic E-state index is 0.365. The van der Waals surface area contributed by atoms with Gasteiger partial charge in [0.1, 0.15) is 0 Å². The molecule has 0 fully saturated rings. The van der Waals surface area contributed by atoms with Crippen LogP contribution in [0.25, 0.3) is 33.4 Å². The lowest BCUT2D eigenvalue weighted by Gasteiger charge is -2.07. The number of hydrogen-bond donors (Lipinski definition) is 1. The van der Waals surface area contributed by atoms with Crippen LogP contribution in [0.2, 0.25) is 0 Å². The molecule has 4 nitrogen and oxygen atoms in total. The molecule has 0 spiro atoms. The third-order valence-corrected chi connectivity index (χ3v) is 4.56. The summed E-state index contributed by atoms with van der Waals surface area (Å²) >= 11 is 0. The minimum Gasteiger partial charge on any atom is -0.391 e. The van der Waals surface area contributed by atoms with Crippen LogP contribution in [0.4, 0.5) is 0 Å². The molecule has 0 saturated heterocycles. The predicted molar refractivity (Wildman–Crippen MR) is 105 cm³/mol. The zero-order chi connectivity index (χ0) is 17.9. The number of pyridine rings is 1. The van der Waals surface area contributed by atoms with E-state index in [1.54, 1.807) is 4.68 Å². The molecule has 4 rings (SSSR count). The van der Waals surface area contributed by atoms with Crippen molar-refractivity contribution in [1.29, 1.82) is 0 Å². The highest BCUT2D eigenvalue weighted by atomic mass is 16.3. The Morgan fingerprint density at radius 2 is 1.73 bits per heavy atom. The minimum atomic E-state index is -0.365. The molecule has 0 radical (unpaired) electrons. The van der Waals surface area contributed by atoms with Crippen molar-refractivity contribution in [2.75, 3.05) is 0 Å². The van der Waals surface area contributed by atoms with Crippen LogP contribution >= 0.6 is 0 Å². The van der Waals surface area contributed by atoms with Crippen LogP contribution in [0, 0.1) is 0 Å². The Bertz CT molecular complexity index is 1040. The first kappa shape index (κ1) is 16.5. The maximum atomic E-state index is 9.80. The number of rotatable bonds is 5. The quantitative estimate of drug-likeness (QED) is 0.579. The second kappa shape index (κ2) is 7.10. The number of aromatic nitrogens is 3. The topological polar surface area (TPSA) is 50.9 Å². The molecule has 0 aliphatic carbocycles. The molecule has 4 aromatic rings. The fourth-order valence-corrected chi connectivity index (χ4v) is 3.03. The lowest BCUT2D eigenvalue weighted by Crippen LogP contribution is -2.14. The second-order valence-corrected chi connectivity index (χ2v) is 6.46. The van der Waals surface area contributed by atoms with E-state index in [1.807, 2.05) is 49.5 Å². The van der Waals surface area contributed by atoms with Crippen molar-refractivity contribution in [2.45, 2.75) is 26.0 Å². The van der Waals surface area contributed by atoms with Crippen molar-refractivity contribution in [3.63, 3.8) is 0 Å². The number of fused-ring (bicyclic) bond motifs is 1. The summed E-state index contributed by atoms with van der Waals surface area (Å²) in [6.07, 6.45) is 2.27. The molecule has 2 aromatic carbocycles. The van der Waals surface area contributed by atoms with Crippen molar-refractivity contribution in [1.82, 2.24) is 14.8 Å². The fraction of sp³-hybridized carbons (Fsp3) is 0.182. The number of nitrogens with zero attached hydrogens (tertiary/aromatic N) is 3. The van der Waals surface area contributed by atoms with Gasteiger partial charge < -0.3 is 5.11 Å². The predicted octanol–water partition coefficient (Wildman–Crippen LogP) is 4.54. The van der Waals surface area contributed by atoms with Gasteiger partial charge in [0.2, 0.25) is 0 Å². The molecule has 0 bridgehead atoms. The van der Waals surface area contributed by atoms with E-state index >= 15 is 0 Å². The van der Waals surface area contributed by atoms with Crippen molar-refractivity contribution < 1.29 is 5.11 Å². The third-order valence-electron chi connectivity index (χ3n) is 4.56. The molecular formula is C22H21N3O. The largest absolute Gasteiger partial charge is 0.391 e. The van der Waals surface area contributed by atoms with Gasteiger partial charge in [0.15, 0.2) is 0 Å². The van der Waals surface area contributed by atoms with Crippen molar-refractivity contribution in [3.05, 3.63) is 72.9 Å². The van der Waals surface area contributed by atoms with Gasteiger partial charge in [-0.05, 0) is 30.7 Å². The average Bonchev–Trinajstić information content (AvgIpc) is 3.16. The van der Waals surface area contributed by atoms with Gasteiger partial charge in [-0.1, -0.05) is 49.4 Å². The summed E-state index contributed by atoms with van der Waals surface area (Å²) in [4.78, 5) is 4.78. The van der Waals surface area contributed by atoms with E-state index < -0.39 is 0 Å². The van der Waals surface area contributed by atoms with Crippen LogP contribution in [0.5, 0.6) is 0 Å². The first-order valence-electron chi connectivity index (χ1n) is 8.91. The van der Waals surface area contributed by atoms with E-state index in [0.29, 0.717) is 6.54 Å². The van der Waals surface area contributed by atoms with Crippen LogP contribution < -0.4 is 0 Å². The van der Waals surface area contributed by atoms with Crippen molar-refractivity contribution >= 4 is 10.9 Å². The van der Waals surface area contributed by atoms with Gasteiger partial charge in [-0.25, -0.2) is 4.98 Å². The highest BCUT2D eigenvalue weighted by Crippen LogP contribution is 2.26. The van der Waals surface area contributed by atoms with Gasteiger partial charge in [0.05, 0.1) is 29.6 Å². The molecule has 2 heterocycles. The Morgan fingerprint density at radius 3 is 2.58 bits per heavy atom. The van der Waals surface area contributed by atoms with Gasteiger partial charge in [0, 0.05) is 22.7 Å². The van der Waals surface area contributed by atoms with Crippen molar-refractivity contribution in [3.8, 4) is 22.5 Å². The molecule has 0 saturated carbocycles. The molecule has 2 aromatic heterocycles. The van der Waals surface area contributed by atoms with E-state index in [2.05, 4.69) is 35.4 Å². The summed E-state index contributed by atoms with van der Waals surface area (Å²) in [7, 11) is 0. The van der Waals surface area contributed by atoms with Crippen molar-refractivity contribution in [2.24, 2.45) is 0 Å². The van der Waals surface area contributed by atoms with Gasteiger partial charge in [0.25, 0.3) is 0 Å². The SMILES string of the molecule is CC[C@H](O)Cn1ccc(-c2cccc(-c3ccc4ccccc4n3)c2)n1. The zero-order valence-corrected chi connectivity index (χ0v) is 14.7. The van der Waals surface area contributed by atoms with Crippen LogP contribution in [0.3, 0.4) is 0 Å². The standard InChI is InChI=1S/C22H21N3O/c1-2-19(26)15-25-13-12-22(24-25)18-8-5-7-17(14-18)21-11-10-16-6-3-4-9-20(16)23-21/h3-14,19,26H,2,15H2,1H3/t19-/m0/s1. The molecule has 0 amide bonds. The lowest BCUT2D eigenvalue weighted by atomic mass is 10.0. The number of aliphatic hydroxyl groups excluding tert-OH is 1. The smallest absolute Gasteiger partial charge is 0.0923 e. The fourth-order valence-electron chi connectivity index (χ4n) is 3.03. The number of aliphatic hydroxyl groups is 1. The maximum absolute atomic E-state index is 9.80. The molecule has 26 heavy (non-hydrogen) atoms. The zero-order valence-electron chi connectivity index (χ0n) is 14.7. The molecule has 1 atom stereocenters. The Hall–Kier alpha value is -2.98. The maximum Gasteiger partial charge on any atom is 0.0923 e. The van der Waals surface area contributed by atoms with E-state index in [1.165, 1.54) is 0 Å². The molecule has 4 heteroatoms. The van der Waals surface area contributed by atoms with Crippen LogP contribution in [-0.4, -0.2) is 26.0 Å². The van der Waals surface area contributed by atoms with Gasteiger partial charge in [-0.2, -0.15) is 5.10 Å². The van der Waals surface area contributed by atoms with Crippen LogP contribution in [-0.2, 0) is 6.54 Å². The summed E-state index contributed by atoms with van der Waals surface area (Å²) in [6, 6.07) is 22.5. The summed E-state index contributed by atoms with van der Waals surface area (Å²) < 4.78 is 1.80. The Kier molecular flexibility index (Phi) is 4.50. The Balaban J connectivity index is 1.65. The molecule has 0 aliphatic heterocycles. The third kappa shape index (κ3) is 3.37.